The number of hydrogen-bond acceptors (Lipinski definition) is 7. The van der Waals surface area contributed by atoms with E-state index < -0.39 is 11.6 Å². The molecule has 36 heavy (non-hydrogen) atoms. The van der Waals surface area contributed by atoms with Gasteiger partial charge in [-0.15, -0.1) is 0 Å². The molecule has 0 radical (unpaired) electrons. The Bertz CT molecular complexity index is 1140. The number of piperazine rings is 1. The molecule has 0 aromatic heterocycles. The van der Waals surface area contributed by atoms with Crippen molar-refractivity contribution in [2.24, 2.45) is 4.99 Å². The van der Waals surface area contributed by atoms with E-state index in [1.807, 2.05) is 47.2 Å². The van der Waals surface area contributed by atoms with Crippen LogP contribution in [0, 0.1) is 11.6 Å². The number of aliphatic imine (C=N–C) groups is 1. The number of hydrogen-bond donors (Lipinski definition) is 1. The first-order valence-corrected chi connectivity index (χ1v) is 11.8. The first kappa shape index (κ1) is 23.9. The zero-order valence-electron chi connectivity index (χ0n) is 20.0. The van der Waals surface area contributed by atoms with Crippen LogP contribution in [0.15, 0.2) is 59.5 Å². The summed E-state index contributed by atoms with van der Waals surface area (Å²) in [4.78, 5) is 23.9. The van der Waals surface area contributed by atoms with Crippen LogP contribution in [-0.2, 0) is 11.3 Å². The number of ether oxygens (including phenoxy) is 2. The zero-order chi connectivity index (χ0) is 25.1. The van der Waals surface area contributed by atoms with Crippen molar-refractivity contribution in [1.82, 2.24) is 20.0 Å². The third kappa shape index (κ3) is 5.20. The number of carbonyl (C=O) groups excluding carboxylic acids is 1. The van der Waals surface area contributed by atoms with Crippen LogP contribution in [0.4, 0.5) is 19.3 Å². The van der Waals surface area contributed by atoms with Crippen molar-refractivity contribution < 1.29 is 23.0 Å². The van der Waals surface area contributed by atoms with Gasteiger partial charge < -0.3 is 24.2 Å². The average molecular weight is 499 g/mol. The number of benzene rings is 2. The number of urea groups is 1. The maximum Gasteiger partial charge on any atom is 0.331 e. The number of amides is 2. The highest BCUT2D eigenvalue weighted by atomic mass is 19.1. The van der Waals surface area contributed by atoms with Crippen LogP contribution in [0.25, 0.3) is 0 Å². The van der Waals surface area contributed by atoms with Gasteiger partial charge in [0.05, 0.1) is 13.2 Å². The third-order valence-electron chi connectivity index (χ3n) is 6.16. The lowest BCUT2D eigenvalue weighted by atomic mass is 10.2. The number of carbonyl (C=O) groups is 1. The van der Waals surface area contributed by atoms with Crippen molar-refractivity contribution in [3.8, 4) is 5.75 Å². The Morgan fingerprint density at radius 2 is 1.69 bits per heavy atom. The van der Waals surface area contributed by atoms with Gasteiger partial charge in [-0.1, -0.05) is 30.3 Å². The number of rotatable bonds is 7. The molecule has 0 saturated carbocycles. The number of nitrogens with zero attached hydrogens (tertiary/aromatic N) is 5. The van der Waals surface area contributed by atoms with Crippen molar-refractivity contribution in [3.63, 3.8) is 0 Å². The zero-order valence-corrected chi connectivity index (χ0v) is 20.0. The Balaban J connectivity index is 1.14. The van der Waals surface area contributed by atoms with Gasteiger partial charge in [-0.25, -0.2) is 13.6 Å². The van der Waals surface area contributed by atoms with Crippen molar-refractivity contribution in [1.29, 1.82) is 0 Å². The summed E-state index contributed by atoms with van der Waals surface area (Å²) in [5.74, 6) is -0.203. The number of anilines is 1. The van der Waals surface area contributed by atoms with E-state index in [0.717, 1.165) is 5.56 Å². The molecule has 190 valence electrons. The standard InChI is InChI=1S/C25H28F2N6O3/c1-30-15-22-28-24(29-25(34)33(22)17-30)32-9-7-31(8-10-32)23-20(26)13-19(14-21(23)27)36-12-11-35-16-18-5-3-2-4-6-18/h2-6,13-15H,7-12,16-17H2,1H3,(H,28,29,34). The lowest BCUT2D eigenvalue weighted by Gasteiger charge is -2.39. The summed E-state index contributed by atoms with van der Waals surface area (Å²) >= 11 is 0. The second-order valence-electron chi connectivity index (χ2n) is 8.78. The first-order valence-electron chi connectivity index (χ1n) is 11.8. The van der Waals surface area contributed by atoms with Crippen LogP contribution in [0.2, 0.25) is 0 Å². The van der Waals surface area contributed by atoms with E-state index in [-0.39, 0.29) is 24.1 Å². The average Bonchev–Trinajstić information content (AvgIpc) is 3.25. The summed E-state index contributed by atoms with van der Waals surface area (Å²) in [6.45, 7) is 3.04. The Labute approximate surface area is 208 Å². The molecule has 9 nitrogen and oxygen atoms in total. The largest absolute Gasteiger partial charge is 0.491 e. The van der Waals surface area contributed by atoms with Gasteiger partial charge in [0.2, 0.25) is 5.96 Å². The minimum atomic E-state index is -0.679. The lowest BCUT2D eigenvalue weighted by molar-refractivity contribution is 0.0887. The van der Waals surface area contributed by atoms with E-state index >= 15 is 0 Å². The van der Waals surface area contributed by atoms with E-state index in [2.05, 4.69) is 10.3 Å². The van der Waals surface area contributed by atoms with E-state index in [1.54, 1.807) is 16.0 Å². The van der Waals surface area contributed by atoms with E-state index in [9.17, 15) is 13.6 Å². The fourth-order valence-electron chi connectivity index (χ4n) is 4.36. The quantitative estimate of drug-likeness (QED) is 0.592. The summed E-state index contributed by atoms with van der Waals surface area (Å²) < 4.78 is 40.8. The van der Waals surface area contributed by atoms with Gasteiger partial charge in [-0.2, -0.15) is 4.99 Å². The van der Waals surface area contributed by atoms with Crippen molar-refractivity contribution in [2.45, 2.75) is 6.61 Å². The van der Waals surface area contributed by atoms with Crippen molar-refractivity contribution >= 4 is 17.7 Å². The molecule has 2 amide bonds. The van der Waals surface area contributed by atoms with Gasteiger partial charge in [0.1, 0.15) is 24.7 Å². The molecular weight excluding hydrogens is 470 g/mol. The van der Waals surface area contributed by atoms with Crippen LogP contribution < -0.4 is 15.0 Å². The van der Waals surface area contributed by atoms with Crippen LogP contribution in [-0.4, -0.2) is 79.8 Å². The highest BCUT2D eigenvalue weighted by molar-refractivity contribution is 5.99. The molecule has 1 saturated heterocycles. The van der Waals surface area contributed by atoms with E-state index in [1.165, 1.54) is 12.1 Å². The molecule has 1 N–H and O–H groups in total. The lowest BCUT2D eigenvalue weighted by Crippen LogP contribution is -2.57. The molecule has 0 bridgehead atoms. The predicted octanol–water partition coefficient (Wildman–Crippen LogP) is 2.77. The number of nitrogens with one attached hydrogen (secondary N) is 1. The summed E-state index contributed by atoms with van der Waals surface area (Å²) in [5.41, 5.74) is 0.963. The molecule has 5 rings (SSSR count). The minimum absolute atomic E-state index is 0.0803. The molecule has 0 unspecified atom stereocenters. The van der Waals surface area contributed by atoms with Gasteiger partial charge >= 0.3 is 6.03 Å². The number of fused-ring (bicyclic) bond motifs is 1. The minimum Gasteiger partial charge on any atom is -0.491 e. The molecule has 3 aliphatic heterocycles. The Kier molecular flexibility index (Phi) is 6.90. The molecule has 2 aromatic rings. The maximum absolute atomic E-state index is 14.9. The summed E-state index contributed by atoms with van der Waals surface area (Å²) in [7, 11) is 1.87. The number of guanidine groups is 1. The second-order valence-corrected chi connectivity index (χ2v) is 8.78. The topological polar surface area (TPSA) is 72.9 Å². The molecule has 1 fully saturated rings. The summed E-state index contributed by atoms with van der Waals surface area (Å²) in [6, 6.07) is 11.9. The molecular formula is C25H28F2N6O3. The fourth-order valence-corrected chi connectivity index (χ4v) is 4.36. The third-order valence-corrected chi connectivity index (χ3v) is 6.16. The van der Waals surface area contributed by atoms with E-state index in [4.69, 9.17) is 9.47 Å². The highest BCUT2D eigenvalue weighted by Crippen LogP contribution is 2.29. The summed E-state index contributed by atoms with van der Waals surface area (Å²) in [6.07, 6.45) is 1.80. The molecule has 2 aromatic carbocycles. The molecule has 3 aliphatic rings. The van der Waals surface area contributed by atoms with Crippen molar-refractivity contribution in [3.05, 3.63) is 71.7 Å². The van der Waals surface area contributed by atoms with Gasteiger partial charge in [-0.3, -0.25) is 10.2 Å². The fraction of sp³-hybridized carbons (Fsp3) is 0.360. The van der Waals surface area contributed by atoms with Crippen LogP contribution in [0.3, 0.4) is 0 Å². The van der Waals surface area contributed by atoms with Gasteiger partial charge in [0, 0.05) is 51.6 Å². The maximum atomic E-state index is 14.9. The first-order chi connectivity index (χ1) is 17.5. The summed E-state index contributed by atoms with van der Waals surface area (Å²) in [5, 5.41) is 2.80. The highest BCUT2D eigenvalue weighted by Gasteiger charge is 2.33. The SMILES string of the molecule is CN1C=C2N=C(N3CCN(c4c(F)cc(OCCOCc5ccccc5)cc4F)CC3)NC(=O)N2C1. The number of halogens is 2. The van der Waals surface area contributed by atoms with Crippen LogP contribution >= 0.6 is 0 Å². The van der Waals surface area contributed by atoms with Gasteiger partial charge in [0.25, 0.3) is 0 Å². The monoisotopic (exact) mass is 498 g/mol. The van der Waals surface area contributed by atoms with Crippen LogP contribution in [0.5, 0.6) is 5.75 Å². The van der Waals surface area contributed by atoms with Gasteiger partial charge in [-0.05, 0) is 5.56 Å². The Morgan fingerprint density at radius 1 is 1.00 bits per heavy atom. The Morgan fingerprint density at radius 3 is 2.42 bits per heavy atom. The second kappa shape index (κ2) is 10.4. The Hall–Kier alpha value is -3.86. The molecule has 3 heterocycles. The molecule has 0 spiro atoms. The van der Waals surface area contributed by atoms with Crippen molar-refractivity contribution in [2.75, 3.05) is 58.0 Å². The van der Waals surface area contributed by atoms with E-state index in [0.29, 0.717) is 57.8 Å². The van der Waals surface area contributed by atoms with Crippen LogP contribution in [0.1, 0.15) is 5.56 Å². The van der Waals surface area contributed by atoms with Gasteiger partial charge in [0.15, 0.2) is 17.5 Å². The smallest absolute Gasteiger partial charge is 0.331 e. The molecule has 11 heteroatoms. The normalized spacial score (nSPS) is 17.6. The molecule has 0 atom stereocenters. The molecule has 0 aliphatic carbocycles. The predicted molar refractivity (Wildman–Crippen MR) is 130 cm³/mol.